The first kappa shape index (κ1) is 19.4. The quantitative estimate of drug-likeness (QED) is 0.635. The molecule has 0 aromatic heterocycles. The second kappa shape index (κ2) is 7.11. The summed E-state index contributed by atoms with van der Waals surface area (Å²) >= 11 is 0. The van der Waals surface area contributed by atoms with Crippen LogP contribution in [0.5, 0.6) is 0 Å². The highest BCUT2D eigenvalue weighted by Crippen LogP contribution is 2.37. The van der Waals surface area contributed by atoms with Gasteiger partial charge in [0.15, 0.2) is 0 Å². The third-order valence-electron chi connectivity index (χ3n) is 3.25. The van der Waals surface area contributed by atoms with Gasteiger partial charge in [0.2, 0.25) is 0 Å². The molecule has 2 N–H and O–H groups in total. The summed E-state index contributed by atoms with van der Waals surface area (Å²) < 4.78 is 76.7. The second-order valence-electron chi connectivity index (χ2n) is 5.20. The summed E-state index contributed by atoms with van der Waals surface area (Å²) in [5.41, 5.74) is -2.59. The molecule has 2 aromatic rings. The largest absolute Gasteiger partial charge is 0.416 e. The van der Waals surface area contributed by atoms with E-state index in [4.69, 9.17) is 0 Å². The zero-order valence-electron chi connectivity index (χ0n) is 13.0. The first-order valence-corrected chi connectivity index (χ1v) is 7.09. The van der Waals surface area contributed by atoms with Crippen molar-refractivity contribution in [3.8, 4) is 0 Å². The first-order chi connectivity index (χ1) is 12.0. The molecule has 0 atom stereocenters. The van der Waals surface area contributed by atoms with Gasteiger partial charge in [0.25, 0.3) is 0 Å². The molecule has 3 nitrogen and oxygen atoms in total. The summed E-state index contributed by atoms with van der Waals surface area (Å²) in [7, 11) is 0. The Hall–Kier alpha value is -2.97. The number of halogens is 6. The lowest BCUT2D eigenvalue weighted by Crippen LogP contribution is -2.20. The average Bonchev–Trinajstić information content (AvgIpc) is 2.53. The van der Waals surface area contributed by atoms with E-state index in [0.717, 1.165) is 5.56 Å². The van der Waals surface area contributed by atoms with Crippen LogP contribution in [0.4, 0.5) is 42.5 Å². The van der Waals surface area contributed by atoms with E-state index in [2.05, 4.69) is 11.9 Å². The van der Waals surface area contributed by atoms with Crippen LogP contribution < -0.4 is 10.6 Å². The van der Waals surface area contributed by atoms with Crippen molar-refractivity contribution >= 4 is 23.5 Å². The summed E-state index contributed by atoms with van der Waals surface area (Å²) in [6.45, 7) is 3.55. The van der Waals surface area contributed by atoms with Gasteiger partial charge in [-0.3, -0.25) is 0 Å². The molecule has 2 rings (SSSR count). The monoisotopic (exact) mass is 374 g/mol. The highest BCUT2D eigenvalue weighted by molar-refractivity contribution is 5.99. The zero-order chi connectivity index (χ0) is 19.5. The van der Waals surface area contributed by atoms with Crippen molar-refractivity contribution in [2.75, 3.05) is 10.6 Å². The molecular weight excluding hydrogens is 362 g/mol. The van der Waals surface area contributed by atoms with Crippen LogP contribution in [0, 0.1) is 0 Å². The number of hydrogen-bond acceptors (Lipinski definition) is 1. The van der Waals surface area contributed by atoms with E-state index in [0.29, 0.717) is 17.8 Å². The summed E-state index contributed by atoms with van der Waals surface area (Å²) in [4.78, 5) is 11.9. The molecule has 0 radical (unpaired) electrons. The SMILES string of the molecule is C=Cc1ccc(NC(=O)Nc2cc(C(F)(F)F)cc(C(F)(F)F)c2)cc1. The molecule has 0 aliphatic rings. The highest BCUT2D eigenvalue weighted by atomic mass is 19.4. The minimum Gasteiger partial charge on any atom is -0.308 e. The van der Waals surface area contributed by atoms with Crippen molar-refractivity contribution in [2.45, 2.75) is 12.4 Å². The van der Waals surface area contributed by atoms with Crippen LogP contribution in [0.3, 0.4) is 0 Å². The van der Waals surface area contributed by atoms with Gasteiger partial charge in [-0.2, -0.15) is 26.3 Å². The van der Waals surface area contributed by atoms with Crippen LogP contribution >= 0.6 is 0 Å². The lowest BCUT2D eigenvalue weighted by atomic mass is 10.1. The van der Waals surface area contributed by atoms with Crippen molar-refractivity contribution < 1.29 is 31.1 Å². The molecule has 0 spiro atoms. The standard InChI is InChI=1S/C17H12F6N2O/c1-2-10-3-5-13(6-4-10)24-15(26)25-14-8-11(16(18,19)20)7-12(9-14)17(21,22)23/h2-9H,1H2,(H2,24,25,26). The Morgan fingerprint density at radius 2 is 1.27 bits per heavy atom. The van der Waals surface area contributed by atoms with Gasteiger partial charge in [-0.05, 0) is 35.9 Å². The number of hydrogen-bond donors (Lipinski definition) is 2. The molecule has 0 bridgehead atoms. The number of alkyl halides is 6. The molecule has 0 aliphatic carbocycles. The number of urea groups is 1. The van der Waals surface area contributed by atoms with E-state index < -0.39 is 35.2 Å². The Bertz CT molecular complexity index is 777. The van der Waals surface area contributed by atoms with Gasteiger partial charge in [-0.25, -0.2) is 4.79 Å². The lowest BCUT2D eigenvalue weighted by Gasteiger charge is -2.15. The lowest BCUT2D eigenvalue weighted by molar-refractivity contribution is -0.143. The van der Waals surface area contributed by atoms with Crippen molar-refractivity contribution in [2.24, 2.45) is 0 Å². The Balaban J connectivity index is 2.23. The fourth-order valence-electron chi connectivity index (χ4n) is 2.02. The van der Waals surface area contributed by atoms with Crippen LogP contribution in [0.1, 0.15) is 16.7 Å². The van der Waals surface area contributed by atoms with Gasteiger partial charge >= 0.3 is 18.4 Å². The van der Waals surface area contributed by atoms with E-state index in [1.165, 1.54) is 12.1 Å². The third-order valence-corrected chi connectivity index (χ3v) is 3.25. The number of anilines is 2. The van der Waals surface area contributed by atoms with E-state index >= 15 is 0 Å². The van der Waals surface area contributed by atoms with Crippen LogP contribution in [0.15, 0.2) is 49.0 Å². The Morgan fingerprint density at radius 3 is 1.69 bits per heavy atom. The fourth-order valence-corrected chi connectivity index (χ4v) is 2.02. The molecular formula is C17H12F6N2O. The van der Waals surface area contributed by atoms with E-state index in [9.17, 15) is 31.1 Å². The zero-order valence-corrected chi connectivity index (χ0v) is 13.0. The van der Waals surface area contributed by atoms with Crippen molar-refractivity contribution in [1.82, 2.24) is 0 Å². The molecule has 0 unspecified atom stereocenters. The maximum atomic E-state index is 12.8. The normalized spacial score (nSPS) is 11.8. The summed E-state index contributed by atoms with van der Waals surface area (Å²) in [5.74, 6) is 0. The maximum absolute atomic E-state index is 12.8. The average molecular weight is 374 g/mol. The molecule has 26 heavy (non-hydrogen) atoms. The molecule has 0 saturated heterocycles. The Kier molecular flexibility index (Phi) is 5.29. The van der Waals surface area contributed by atoms with Crippen LogP contribution in [-0.4, -0.2) is 6.03 Å². The van der Waals surface area contributed by atoms with Gasteiger partial charge in [0.05, 0.1) is 11.1 Å². The summed E-state index contributed by atoms with van der Waals surface area (Å²) in [6.07, 6.45) is -8.42. The Morgan fingerprint density at radius 1 is 0.808 bits per heavy atom. The van der Waals surface area contributed by atoms with Crippen molar-refractivity contribution in [1.29, 1.82) is 0 Å². The first-order valence-electron chi connectivity index (χ1n) is 7.09. The van der Waals surface area contributed by atoms with Crippen molar-refractivity contribution in [3.63, 3.8) is 0 Å². The number of carbonyl (C=O) groups is 1. The minimum absolute atomic E-state index is 0.0168. The highest BCUT2D eigenvalue weighted by Gasteiger charge is 2.37. The number of carbonyl (C=O) groups excluding carboxylic acids is 1. The molecule has 2 aromatic carbocycles. The molecule has 0 saturated carbocycles. The molecule has 9 heteroatoms. The van der Waals surface area contributed by atoms with Gasteiger partial charge in [0.1, 0.15) is 0 Å². The predicted octanol–water partition coefficient (Wildman–Crippen LogP) is 6.01. The molecule has 138 valence electrons. The molecule has 0 heterocycles. The van der Waals surface area contributed by atoms with Crippen LogP contribution in [-0.2, 0) is 12.4 Å². The van der Waals surface area contributed by atoms with Crippen molar-refractivity contribution in [3.05, 3.63) is 65.7 Å². The van der Waals surface area contributed by atoms with E-state index in [1.54, 1.807) is 18.2 Å². The van der Waals surface area contributed by atoms with E-state index in [1.807, 2.05) is 5.32 Å². The van der Waals surface area contributed by atoms with Gasteiger partial charge < -0.3 is 10.6 Å². The predicted molar refractivity (Wildman–Crippen MR) is 85.6 cm³/mol. The smallest absolute Gasteiger partial charge is 0.308 e. The summed E-state index contributed by atoms with van der Waals surface area (Å²) in [6, 6.07) is 6.10. The minimum atomic E-state index is -4.99. The maximum Gasteiger partial charge on any atom is 0.416 e. The Labute approximate surface area is 144 Å². The molecule has 0 aliphatic heterocycles. The molecule has 0 fully saturated rings. The van der Waals surface area contributed by atoms with Crippen LogP contribution in [0.25, 0.3) is 6.08 Å². The number of rotatable bonds is 3. The van der Waals surface area contributed by atoms with E-state index in [-0.39, 0.29) is 6.07 Å². The third kappa shape index (κ3) is 5.01. The van der Waals surface area contributed by atoms with Gasteiger partial charge in [-0.15, -0.1) is 0 Å². The number of benzene rings is 2. The number of nitrogens with one attached hydrogen (secondary N) is 2. The number of amides is 2. The van der Waals surface area contributed by atoms with Gasteiger partial charge in [0, 0.05) is 11.4 Å². The summed E-state index contributed by atoms with van der Waals surface area (Å²) in [5, 5.41) is 4.29. The molecule has 2 amide bonds. The fraction of sp³-hybridized carbons (Fsp3) is 0.118. The topological polar surface area (TPSA) is 41.1 Å². The van der Waals surface area contributed by atoms with Crippen LogP contribution in [0.2, 0.25) is 0 Å². The second-order valence-corrected chi connectivity index (χ2v) is 5.20. The van der Waals surface area contributed by atoms with Gasteiger partial charge in [-0.1, -0.05) is 24.8 Å².